The quantitative estimate of drug-likeness (QED) is 0.665. The first-order chi connectivity index (χ1) is 10.1. The van der Waals surface area contributed by atoms with E-state index >= 15 is 0 Å². The Balaban J connectivity index is 2.48. The molecule has 2 aromatic rings. The van der Waals surface area contributed by atoms with Crippen LogP contribution >= 0.6 is 43.5 Å². The first-order valence-electron chi connectivity index (χ1n) is 6.58. The second-order valence-electron chi connectivity index (χ2n) is 4.54. The lowest BCUT2D eigenvalue weighted by Gasteiger charge is -2.22. The highest BCUT2D eigenvalue weighted by Crippen LogP contribution is 2.35. The highest BCUT2D eigenvalue weighted by molar-refractivity contribution is 9.10. The van der Waals surface area contributed by atoms with Gasteiger partial charge in [0, 0.05) is 14.0 Å². The van der Waals surface area contributed by atoms with Crippen molar-refractivity contribution in [1.82, 2.24) is 5.32 Å². The molecule has 0 aromatic heterocycles. The highest BCUT2D eigenvalue weighted by atomic mass is 79.9. The maximum Gasteiger partial charge on any atom is 0.120 e. The van der Waals surface area contributed by atoms with Gasteiger partial charge in [-0.2, -0.15) is 0 Å². The summed E-state index contributed by atoms with van der Waals surface area (Å²) in [5, 5.41) is 4.22. The fourth-order valence-electron chi connectivity index (χ4n) is 2.20. The number of halogens is 3. The van der Waals surface area contributed by atoms with E-state index in [1.165, 1.54) is 0 Å². The summed E-state index contributed by atoms with van der Waals surface area (Å²) in [6, 6.07) is 12.0. The Morgan fingerprint density at radius 1 is 1.14 bits per heavy atom. The predicted octanol–water partition coefficient (Wildman–Crippen LogP) is 5.57. The molecule has 0 saturated carbocycles. The van der Waals surface area contributed by atoms with Crippen LogP contribution in [0.3, 0.4) is 0 Å². The number of rotatable bonds is 5. The van der Waals surface area contributed by atoms with Crippen molar-refractivity contribution in [2.24, 2.45) is 0 Å². The van der Waals surface area contributed by atoms with Crippen molar-refractivity contribution in [3.05, 3.63) is 61.5 Å². The standard InChI is InChI=1S/C16H16Br2ClNO/c1-3-20-16(13-6-4-10(17)8-15(13)19)12-7-5-11(21-2)9-14(12)18/h4-9,16,20H,3H2,1-2H3. The molecule has 21 heavy (non-hydrogen) atoms. The number of ether oxygens (including phenoxy) is 1. The summed E-state index contributed by atoms with van der Waals surface area (Å²) >= 11 is 13.5. The molecule has 1 atom stereocenters. The lowest BCUT2D eigenvalue weighted by Crippen LogP contribution is -2.22. The van der Waals surface area contributed by atoms with Gasteiger partial charge in [-0.15, -0.1) is 0 Å². The minimum atomic E-state index is 0.0240. The van der Waals surface area contributed by atoms with E-state index in [1.54, 1.807) is 7.11 Å². The van der Waals surface area contributed by atoms with Crippen molar-refractivity contribution in [2.75, 3.05) is 13.7 Å². The number of nitrogens with one attached hydrogen (secondary N) is 1. The Bertz CT molecular complexity index is 634. The Morgan fingerprint density at radius 2 is 1.86 bits per heavy atom. The number of hydrogen-bond acceptors (Lipinski definition) is 2. The molecule has 5 heteroatoms. The molecule has 0 heterocycles. The van der Waals surface area contributed by atoms with Gasteiger partial charge < -0.3 is 10.1 Å². The van der Waals surface area contributed by atoms with Gasteiger partial charge in [-0.3, -0.25) is 0 Å². The van der Waals surface area contributed by atoms with Crippen LogP contribution in [0.25, 0.3) is 0 Å². The molecule has 1 unspecified atom stereocenters. The van der Waals surface area contributed by atoms with Crippen LogP contribution in [0.15, 0.2) is 45.3 Å². The van der Waals surface area contributed by atoms with Crippen LogP contribution < -0.4 is 10.1 Å². The van der Waals surface area contributed by atoms with Crippen molar-refractivity contribution in [3.8, 4) is 5.75 Å². The normalized spacial score (nSPS) is 12.2. The molecule has 0 bridgehead atoms. The van der Waals surface area contributed by atoms with Gasteiger partial charge in [0.2, 0.25) is 0 Å². The lowest BCUT2D eigenvalue weighted by molar-refractivity contribution is 0.414. The fraction of sp³-hybridized carbons (Fsp3) is 0.250. The summed E-state index contributed by atoms with van der Waals surface area (Å²) in [5.41, 5.74) is 2.18. The second kappa shape index (κ2) is 7.63. The number of methoxy groups -OCH3 is 1. The van der Waals surface area contributed by atoms with E-state index in [2.05, 4.69) is 50.2 Å². The second-order valence-corrected chi connectivity index (χ2v) is 6.72. The van der Waals surface area contributed by atoms with Crippen LogP contribution in [0.5, 0.6) is 5.75 Å². The van der Waals surface area contributed by atoms with Gasteiger partial charge in [-0.05, 0) is 41.9 Å². The molecule has 112 valence electrons. The van der Waals surface area contributed by atoms with E-state index in [0.717, 1.165) is 37.4 Å². The van der Waals surface area contributed by atoms with Crippen LogP contribution in [0.1, 0.15) is 24.1 Å². The molecule has 0 aliphatic rings. The zero-order chi connectivity index (χ0) is 15.4. The van der Waals surface area contributed by atoms with Crippen LogP contribution in [0, 0.1) is 0 Å². The van der Waals surface area contributed by atoms with Gasteiger partial charge in [0.15, 0.2) is 0 Å². The molecule has 0 radical (unpaired) electrons. The third-order valence-corrected chi connectivity index (χ3v) is 4.71. The zero-order valence-corrected chi connectivity index (χ0v) is 15.7. The van der Waals surface area contributed by atoms with Crippen LogP contribution in [-0.4, -0.2) is 13.7 Å². The van der Waals surface area contributed by atoms with Crippen LogP contribution in [0.4, 0.5) is 0 Å². The molecule has 1 N–H and O–H groups in total. The summed E-state index contributed by atoms with van der Waals surface area (Å²) in [5.74, 6) is 0.822. The van der Waals surface area contributed by atoms with Crippen molar-refractivity contribution >= 4 is 43.5 Å². The SMILES string of the molecule is CCNC(c1ccc(Br)cc1Cl)c1ccc(OC)cc1Br. The summed E-state index contributed by atoms with van der Waals surface area (Å²) in [6.07, 6.45) is 0. The first-order valence-corrected chi connectivity index (χ1v) is 8.55. The Morgan fingerprint density at radius 3 is 2.43 bits per heavy atom. The van der Waals surface area contributed by atoms with Crippen molar-refractivity contribution < 1.29 is 4.74 Å². The minimum absolute atomic E-state index is 0.0240. The van der Waals surface area contributed by atoms with E-state index in [0.29, 0.717) is 0 Å². The first kappa shape index (κ1) is 16.8. The van der Waals surface area contributed by atoms with Gasteiger partial charge in [-0.25, -0.2) is 0 Å². The topological polar surface area (TPSA) is 21.3 Å². The maximum atomic E-state index is 6.41. The van der Waals surface area contributed by atoms with E-state index in [9.17, 15) is 0 Å². The van der Waals surface area contributed by atoms with Crippen molar-refractivity contribution in [2.45, 2.75) is 13.0 Å². The van der Waals surface area contributed by atoms with Gasteiger partial charge in [0.25, 0.3) is 0 Å². The average molecular weight is 434 g/mol. The summed E-state index contributed by atoms with van der Waals surface area (Å²) < 4.78 is 7.22. The largest absolute Gasteiger partial charge is 0.497 e. The Hall–Kier alpha value is -0.550. The third kappa shape index (κ3) is 4.01. The number of hydrogen-bond donors (Lipinski definition) is 1. The molecule has 2 aromatic carbocycles. The molecule has 2 nitrogen and oxygen atoms in total. The van der Waals surface area contributed by atoms with Crippen molar-refractivity contribution in [1.29, 1.82) is 0 Å². The van der Waals surface area contributed by atoms with Gasteiger partial charge in [0.1, 0.15) is 5.75 Å². The molecule has 0 spiro atoms. The van der Waals surface area contributed by atoms with Gasteiger partial charge >= 0.3 is 0 Å². The monoisotopic (exact) mass is 431 g/mol. The van der Waals surface area contributed by atoms with Gasteiger partial charge in [0.05, 0.1) is 13.2 Å². The zero-order valence-electron chi connectivity index (χ0n) is 11.8. The molecule has 0 fully saturated rings. The van der Waals surface area contributed by atoms with Crippen LogP contribution in [-0.2, 0) is 0 Å². The molecular weight excluding hydrogens is 417 g/mol. The third-order valence-electron chi connectivity index (χ3n) is 3.20. The summed E-state index contributed by atoms with van der Waals surface area (Å²) in [7, 11) is 1.66. The van der Waals surface area contributed by atoms with Crippen molar-refractivity contribution in [3.63, 3.8) is 0 Å². The minimum Gasteiger partial charge on any atom is -0.497 e. The molecule has 2 rings (SSSR count). The maximum absolute atomic E-state index is 6.41. The smallest absolute Gasteiger partial charge is 0.120 e. The van der Waals surface area contributed by atoms with Crippen LogP contribution in [0.2, 0.25) is 5.02 Å². The summed E-state index contributed by atoms with van der Waals surface area (Å²) in [6.45, 7) is 2.92. The highest BCUT2D eigenvalue weighted by Gasteiger charge is 2.19. The van der Waals surface area contributed by atoms with E-state index in [-0.39, 0.29) is 6.04 Å². The predicted molar refractivity (Wildman–Crippen MR) is 95.4 cm³/mol. The molecular formula is C16H16Br2ClNO. The van der Waals surface area contributed by atoms with E-state index in [1.807, 2.05) is 30.3 Å². The summed E-state index contributed by atoms with van der Waals surface area (Å²) in [4.78, 5) is 0. The van der Waals surface area contributed by atoms with E-state index in [4.69, 9.17) is 16.3 Å². The Labute approximate surface area is 147 Å². The number of benzene rings is 2. The van der Waals surface area contributed by atoms with Gasteiger partial charge in [-0.1, -0.05) is 62.5 Å². The average Bonchev–Trinajstić information content (AvgIpc) is 2.46. The molecule has 0 saturated heterocycles. The van der Waals surface area contributed by atoms with E-state index < -0.39 is 0 Å². The lowest BCUT2D eigenvalue weighted by atomic mass is 9.98. The Kier molecular flexibility index (Phi) is 6.11. The molecule has 0 aliphatic carbocycles. The molecule has 0 aliphatic heterocycles. The fourth-order valence-corrected chi connectivity index (χ4v) is 3.57. The molecule has 0 amide bonds.